The average molecular weight is 369 g/mol. The maximum absolute atomic E-state index is 12.2. The molecule has 27 heavy (non-hydrogen) atoms. The van der Waals surface area contributed by atoms with Gasteiger partial charge in [-0.25, -0.2) is 0 Å². The van der Waals surface area contributed by atoms with Gasteiger partial charge in [0.05, 0.1) is 18.8 Å². The van der Waals surface area contributed by atoms with Gasteiger partial charge in [-0.15, -0.1) is 0 Å². The third kappa shape index (κ3) is 5.44. The largest absolute Gasteiger partial charge is 0.468 e. The zero-order chi connectivity index (χ0) is 19.1. The van der Waals surface area contributed by atoms with Crippen LogP contribution in [0.4, 0.5) is 0 Å². The second kappa shape index (κ2) is 9.37. The lowest BCUT2D eigenvalue weighted by atomic mass is 10.1. The number of likely N-dealkylation sites (tertiary alicyclic amines) is 1. The van der Waals surface area contributed by atoms with Gasteiger partial charge in [-0.3, -0.25) is 14.5 Å². The summed E-state index contributed by atoms with van der Waals surface area (Å²) in [7, 11) is 0. The Morgan fingerprint density at radius 1 is 1.11 bits per heavy atom. The molecule has 1 fully saturated rings. The molecule has 144 valence electrons. The van der Waals surface area contributed by atoms with Crippen LogP contribution in [0.5, 0.6) is 0 Å². The molecule has 1 aromatic carbocycles. The van der Waals surface area contributed by atoms with Crippen molar-refractivity contribution in [1.29, 1.82) is 0 Å². The normalized spacial score (nSPS) is 15.9. The Hall–Kier alpha value is -2.60. The Balaban J connectivity index is 1.51. The van der Waals surface area contributed by atoms with Gasteiger partial charge in [0, 0.05) is 12.1 Å². The summed E-state index contributed by atoms with van der Waals surface area (Å²) < 4.78 is 5.59. The first-order valence-corrected chi connectivity index (χ1v) is 9.52. The van der Waals surface area contributed by atoms with E-state index in [-0.39, 0.29) is 24.4 Å². The van der Waals surface area contributed by atoms with Crippen molar-refractivity contribution in [3.8, 4) is 0 Å². The number of benzene rings is 1. The van der Waals surface area contributed by atoms with Gasteiger partial charge in [-0.1, -0.05) is 24.1 Å². The van der Waals surface area contributed by atoms with Crippen molar-refractivity contribution in [1.82, 2.24) is 15.5 Å². The second-order valence-corrected chi connectivity index (χ2v) is 6.98. The monoisotopic (exact) mass is 369 g/mol. The van der Waals surface area contributed by atoms with Crippen molar-refractivity contribution >= 4 is 11.8 Å². The number of carbonyl (C=O) groups is 2. The van der Waals surface area contributed by atoms with Crippen molar-refractivity contribution < 1.29 is 14.0 Å². The molecule has 2 aromatic rings. The summed E-state index contributed by atoms with van der Waals surface area (Å²) >= 11 is 0. The minimum atomic E-state index is -0.243. The number of hydrogen-bond donors (Lipinski definition) is 2. The number of piperidine rings is 1. The van der Waals surface area contributed by atoms with Crippen molar-refractivity contribution in [2.75, 3.05) is 26.2 Å². The summed E-state index contributed by atoms with van der Waals surface area (Å²) in [5.74, 6) is 0.415. The molecule has 0 radical (unpaired) electrons. The fourth-order valence-electron chi connectivity index (χ4n) is 3.44. The molecule has 1 saturated heterocycles. The fourth-order valence-corrected chi connectivity index (χ4v) is 3.44. The molecule has 2 heterocycles. The van der Waals surface area contributed by atoms with E-state index < -0.39 is 0 Å². The number of carbonyl (C=O) groups excluding carboxylic acids is 2. The van der Waals surface area contributed by atoms with Gasteiger partial charge in [0.2, 0.25) is 5.91 Å². The molecular formula is C21H27N3O3. The lowest BCUT2D eigenvalue weighted by Gasteiger charge is -2.33. The highest BCUT2D eigenvalue weighted by molar-refractivity contribution is 5.96. The topological polar surface area (TPSA) is 74.6 Å². The van der Waals surface area contributed by atoms with Gasteiger partial charge < -0.3 is 15.1 Å². The van der Waals surface area contributed by atoms with Crippen LogP contribution in [0.15, 0.2) is 47.1 Å². The first kappa shape index (κ1) is 19.2. The van der Waals surface area contributed by atoms with Gasteiger partial charge in [-0.05, 0) is 57.1 Å². The number of nitrogens with zero attached hydrogens (tertiary/aromatic N) is 1. The lowest BCUT2D eigenvalue weighted by molar-refractivity contribution is -0.120. The van der Waals surface area contributed by atoms with E-state index >= 15 is 0 Å². The van der Waals surface area contributed by atoms with Crippen LogP contribution < -0.4 is 10.6 Å². The highest BCUT2D eigenvalue weighted by atomic mass is 16.3. The number of hydrogen-bond acceptors (Lipinski definition) is 4. The Labute approximate surface area is 159 Å². The molecule has 1 aliphatic rings. The third-order valence-corrected chi connectivity index (χ3v) is 4.89. The van der Waals surface area contributed by atoms with Crippen molar-refractivity contribution in [3.05, 3.63) is 59.5 Å². The van der Waals surface area contributed by atoms with Crippen LogP contribution in [0.1, 0.15) is 47.0 Å². The van der Waals surface area contributed by atoms with Crippen LogP contribution in [0, 0.1) is 6.92 Å². The average Bonchev–Trinajstić information content (AvgIpc) is 3.21. The van der Waals surface area contributed by atoms with Crippen molar-refractivity contribution in [3.63, 3.8) is 0 Å². The SMILES string of the molecule is Cc1cccc(C(=O)NCC(=O)NC[C@H](c2ccco2)N2CCCCC2)c1. The quantitative estimate of drug-likeness (QED) is 0.787. The Morgan fingerprint density at radius 2 is 1.93 bits per heavy atom. The summed E-state index contributed by atoms with van der Waals surface area (Å²) in [6.07, 6.45) is 5.24. The van der Waals surface area contributed by atoms with Gasteiger partial charge in [-0.2, -0.15) is 0 Å². The van der Waals surface area contributed by atoms with Crippen LogP contribution in [0.25, 0.3) is 0 Å². The van der Waals surface area contributed by atoms with Crippen molar-refractivity contribution in [2.45, 2.75) is 32.2 Å². The third-order valence-electron chi connectivity index (χ3n) is 4.89. The summed E-state index contributed by atoms with van der Waals surface area (Å²) in [5, 5.41) is 5.61. The van der Waals surface area contributed by atoms with E-state index in [1.165, 1.54) is 6.42 Å². The molecular weight excluding hydrogens is 342 g/mol. The Kier molecular flexibility index (Phi) is 6.65. The van der Waals surface area contributed by atoms with E-state index in [1.54, 1.807) is 18.4 Å². The van der Waals surface area contributed by atoms with Crippen LogP contribution in [-0.4, -0.2) is 42.9 Å². The Bertz CT molecular complexity index is 752. The molecule has 2 amide bonds. The molecule has 0 saturated carbocycles. The first-order valence-electron chi connectivity index (χ1n) is 9.52. The molecule has 3 rings (SSSR count). The zero-order valence-electron chi connectivity index (χ0n) is 15.7. The fraction of sp³-hybridized carbons (Fsp3) is 0.429. The molecule has 0 aliphatic carbocycles. The van der Waals surface area contributed by atoms with Gasteiger partial charge >= 0.3 is 0 Å². The molecule has 6 heteroatoms. The predicted molar refractivity (Wildman–Crippen MR) is 103 cm³/mol. The number of furan rings is 1. The summed E-state index contributed by atoms with van der Waals surface area (Å²) in [6, 6.07) is 11.1. The molecule has 2 N–H and O–H groups in total. The predicted octanol–water partition coefficient (Wildman–Crippen LogP) is 2.66. The first-order chi connectivity index (χ1) is 13.1. The molecule has 1 atom stereocenters. The van der Waals surface area contributed by atoms with E-state index in [2.05, 4.69) is 15.5 Å². The van der Waals surface area contributed by atoms with Crippen LogP contribution in [-0.2, 0) is 4.79 Å². The summed E-state index contributed by atoms with van der Waals surface area (Å²) in [6.45, 7) is 4.36. The molecule has 1 aliphatic heterocycles. The van der Waals surface area contributed by atoms with Gasteiger partial charge in [0.15, 0.2) is 0 Å². The smallest absolute Gasteiger partial charge is 0.251 e. The summed E-state index contributed by atoms with van der Waals surface area (Å²) in [4.78, 5) is 26.7. The number of rotatable bonds is 7. The number of nitrogens with one attached hydrogen (secondary N) is 2. The van der Waals surface area contributed by atoms with Crippen LogP contribution in [0.2, 0.25) is 0 Å². The van der Waals surface area contributed by atoms with E-state index in [0.717, 1.165) is 37.3 Å². The molecule has 0 spiro atoms. The molecule has 6 nitrogen and oxygen atoms in total. The zero-order valence-corrected chi connectivity index (χ0v) is 15.7. The maximum atomic E-state index is 12.2. The number of amides is 2. The minimum absolute atomic E-state index is 0.0247. The maximum Gasteiger partial charge on any atom is 0.251 e. The summed E-state index contributed by atoms with van der Waals surface area (Å²) in [5.41, 5.74) is 1.57. The molecule has 1 aromatic heterocycles. The minimum Gasteiger partial charge on any atom is -0.468 e. The van der Waals surface area contributed by atoms with E-state index in [1.807, 2.05) is 31.2 Å². The van der Waals surface area contributed by atoms with Gasteiger partial charge in [0.1, 0.15) is 5.76 Å². The Morgan fingerprint density at radius 3 is 2.63 bits per heavy atom. The number of aryl methyl sites for hydroxylation is 1. The molecule has 0 bridgehead atoms. The van der Waals surface area contributed by atoms with E-state index in [4.69, 9.17) is 4.42 Å². The molecule has 0 unspecified atom stereocenters. The van der Waals surface area contributed by atoms with Crippen molar-refractivity contribution in [2.24, 2.45) is 0 Å². The second-order valence-electron chi connectivity index (χ2n) is 6.98. The highest BCUT2D eigenvalue weighted by Gasteiger charge is 2.24. The lowest BCUT2D eigenvalue weighted by Crippen LogP contribution is -2.43. The highest BCUT2D eigenvalue weighted by Crippen LogP contribution is 2.24. The van der Waals surface area contributed by atoms with Crippen LogP contribution >= 0.6 is 0 Å². The van der Waals surface area contributed by atoms with Crippen LogP contribution in [0.3, 0.4) is 0 Å². The van der Waals surface area contributed by atoms with E-state index in [9.17, 15) is 9.59 Å². The van der Waals surface area contributed by atoms with E-state index in [0.29, 0.717) is 12.1 Å². The van der Waals surface area contributed by atoms with Gasteiger partial charge in [0.25, 0.3) is 5.91 Å². The standard InChI is InChI=1S/C21H27N3O3/c1-16-7-5-8-17(13-16)21(26)23-15-20(25)22-14-18(19-9-6-12-27-19)24-10-3-2-4-11-24/h5-9,12-13,18H,2-4,10-11,14-15H2,1H3,(H,22,25)(H,23,26)/t18-/m1/s1.